The summed E-state index contributed by atoms with van der Waals surface area (Å²) >= 11 is 11.0. The number of pyridine rings is 1. The molecular weight excluding hydrogens is 239 g/mol. The fourth-order valence-electron chi connectivity index (χ4n) is 0.585. The molecular formula is C5H4Cl2N2O3S. The van der Waals surface area contributed by atoms with Gasteiger partial charge in [0.15, 0.2) is 5.75 Å². The van der Waals surface area contributed by atoms with Gasteiger partial charge in [0.25, 0.3) is 0 Å². The topological polar surface area (TPSA) is 82.3 Å². The fraction of sp³-hybridized carbons (Fsp3) is 0. The Morgan fingerprint density at radius 3 is 2.62 bits per heavy atom. The molecule has 0 atom stereocenters. The summed E-state index contributed by atoms with van der Waals surface area (Å²) in [5, 5.41) is 4.69. The van der Waals surface area contributed by atoms with Crippen molar-refractivity contribution in [1.29, 1.82) is 0 Å². The van der Waals surface area contributed by atoms with Gasteiger partial charge in [0.05, 0.1) is 6.20 Å². The van der Waals surface area contributed by atoms with E-state index in [0.29, 0.717) is 0 Å². The Bertz CT molecular complexity index is 420. The average Bonchev–Trinajstić information content (AvgIpc) is 1.94. The third-order valence-corrected chi connectivity index (χ3v) is 1.90. The monoisotopic (exact) mass is 242 g/mol. The van der Waals surface area contributed by atoms with Gasteiger partial charge < -0.3 is 4.18 Å². The summed E-state index contributed by atoms with van der Waals surface area (Å²) in [7, 11) is -4.09. The van der Waals surface area contributed by atoms with Crippen LogP contribution in [0.15, 0.2) is 12.3 Å². The normalized spacial score (nSPS) is 11.3. The Kier molecular flexibility index (Phi) is 2.97. The van der Waals surface area contributed by atoms with Gasteiger partial charge in [0, 0.05) is 6.07 Å². The second-order valence-corrected chi connectivity index (χ2v) is 3.96. The summed E-state index contributed by atoms with van der Waals surface area (Å²) in [5.41, 5.74) is 0. The van der Waals surface area contributed by atoms with E-state index < -0.39 is 10.3 Å². The summed E-state index contributed by atoms with van der Waals surface area (Å²) in [6.07, 6.45) is 1.16. The maximum Gasteiger partial charge on any atom is 0.380 e. The van der Waals surface area contributed by atoms with Crippen molar-refractivity contribution in [2.75, 3.05) is 0 Å². The van der Waals surface area contributed by atoms with Gasteiger partial charge in [0.1, 0.15) is 10.2 Å². The number of rotatable bonds is 2. The first kappa shape index (κ1) is 10.5. The molecule has 8 heteroatoms. The first-order valence-corrected chi connectivity index (χ1v) is 5.14. The summed E-state index contributed by atoms with van der Waals surface area (Å²) < 4.78 is 25.3. The van der Waals surface area contributed by atoms with Crippen LogP contribution in [0, 0.1) is 0 Å². The van der Waals surface area contributed by atoms with E-state index in [1.807, 2.05) is 0 Å². The highest BCUT2D eigenvalue weighted by Gasteiger charge is 2.10. The molecule has 0 radical (unpaired) electrons. The number of halogens is 2. The average molecular weight is 243 g/mol. The zero-order chi connectivity index (χ0) is 10.1. The lowest BCUT2D eigenvalue weighted by molar-refractivity contribution is 0.487. The summed E-state index contributed by atoms with van der Waals surface area (Å²) in [6.45, 7) is 0. The molecule has 0 aliphatic heterocycles. The van der Waals surface area contributed by atoms with Gasteiger partial charge in [-0.1, -0.05) is 23.2 Å². The van der Waals surface area contributed by atoms with Gasteiger partial charge in [-0.3, -0.25) is 0 Å². The quantitative estimate of drug-likeness (QED) is 0.784. The summed E-state index contributed by atoms with van der Waals surface area (Å²) in [4.78, 5) is 3.59. The molecule has 72 valence electrons. The van der Waals surface area contributed by atoms with Crippen molar-refractivity contribution in [2.24, 2.45) is 5.14 Å². The van der Waals surface area contributed by atoms with Gasteiger partial charge in [-0.05, 0) is 0 Å². The van der Waals surface area contributed by atoms with Crippen LogP contribution >= 0.6 is 23.2 Å². The van der Waals surface area contributed by atoms with Crippen molar-refractivity contribution in [3.63, 3.8) is 0 Å². The molecule has 0 aromatic carbocycles. The highest BCUT2D eigenvalue weighted by Crippen LogP contribution is 2.26. The predicted molar refractivity (Wildman–Crippen MR) is 48.0 cm³/mol. The van der Waals surface area contributed by atoms with Crippen molar-refractivity contribution in [1.82, 2.24) is 4.98 Å². The van der Waals surface area contributed by atoms with Crippen LogP contribution in [0.4, 0.5) is 0 Å². The SMILES string of the molecule is NS(=O)(=O)Oc1cc(Cl)ncc1Cl. The van der Waals surface area contributed by atoms with Crippen molar-refractivity contribution >= 4 is 33.5 Å². The van der Waals surface area contributed by atoms with E-state index >= 15 is 0 Å². The number of hydrogen-bond acceptors (Lipinski definition) is 4. The van der Waals surface area contributed by atoms with Crippen LogP contribution < -0.4 is 9.32 Å². The number of hydrogen-bond donors (Lipinski definition) is 1. The highest BCUT2D eigenvalue weighted by molar-refractivity contribution is 7.84. The maximum absolute atomic E-state index is 10.5. The Balaban J connectivity index is 3.08. The van der Waals surface area contributed by atoms with Crippen LogP contribution in [0.3, 0.4) is 0 Å². The van der Waals surface area contributed by atoms with Gasteiger partial charge in [-0.25, -0.2) is 4.98 Å². The minimum atomic E-state index is -4.09. The van der Waals surface area contributed by atoms with E-state index in [1.54, 1.807) is 0 Å². The molecule has 1 heterocycles. The van der Waals surface area contributed by atoms with E-state index in [0.717, 1.165) is 12.3 Å². The van der Waals surface area contributed by atoms with Gasteiger partial charge >= 0.3 is 10.3 Å². The third kappa shape index (κ3) is 3.35. The molecule has 0 aliphatic carbocycles. The lowest BCUT2D eigenvalue weighted by Crippen LogP contribution is -2.19. The predicted octanol–water partition coefficient (Wildman–Crippen LogP) is 0.971. The Hall–Kier alpha value is -0.560. The second kappa shape index (κ2) is 3.67. The number of nitrogens with zero attached hydrogens (tertiary/aromatic N) is 1. The van der Waals surface area contributed by atoms with Crippen molar-refractivity contribution in [2.45, 2.75) is 0 Å². The molecule has 0 bridgehead atoms. The van der Waals surface area contributed by atoms with Crippen LogP contribution in [-0.2, 0) is 10.3 Å². The zero-order valence-corrected chi connectivity index (χ0v) is 8.40. The molecule has 13 heavy (non-hydrogen) atoms. The molecule has 5 nitrogen and oxygen atoms in total. The molecule has 0 unspecified atom stereocenters. The van der Waals surface area contributed by atoms with Crippen LogP contribution in [0.5, 0.6) is 5.75 Å². The molecule has 0 fully saturated rings. The lowest BCUT2D eigenvalue weighted by atomic mass is 10.5. The molecule has 1 aromatic rings. The Morgan fingerprint density at radius 2 is 2.08 bits per heavy atom. The van der Waals surface area contributed by atoms with Crippen LogP contribution in [0.25, 0.3) is 0 Å². The lowest BCUT2D eigenvalue weighted by Gasteiger charge is -2.03. The smallest absolute Gasteiger partial charge is 0.369 e. The highest BCUT2D eigenvalue weighted by atomic mass is 35.5. The molecule has 0 spiro atoms. The molecule has 0 saturated carbocycles. The number of nitrogens with two attached hydrogens (primary N) is 1. The van der Waals surface area contributed by atoms with Crippen LogP contribution in [0.1, 0.15) is 0 Å². The Labute approximate surface area is 84.7 Å². The molecule has 2 N–H and O–H groups in total. The van der Waals surface area contributed by atoms with Crippen molar-refractivity contribution in [3.8, 4) is 5.75 Å². The van der Waals surface area contributed by atoms with Gasteiger partial charge in [-0.2, -0.15) is 13.6 Å². The number of aromatic nitrogens is 1. The minimum Gasteiger partial charge on any atom is -0.369 e. The molecule has 0 amide bonds. The molecule has 0 saturated heterocycles. The van der Waals surface area contributed by atoms with Crippen LogP contribution in [-0.4, -0.2) is 13.4 Å². The summed E-state index contributed by atoms with van der Waals surface area (Å²) in [5.74, 6) is -0.149. The summed E-state index contributed by atoms with van der Waals surface area (Å²) in [6, 6.07) is 1.15. The third-order valence-electron chi connectivity index (χ3n) is 0.993. The first-order valence-electron chi connectivity index (χ1n) is 2.92. The standard InChI is InChI=1S/C5H4Cl2N2O3S/c6-3-2-9-5(7)1-4(3)12-13(8,10)11/h1-2H,(H2,8,10,11). The Morgan fingerprint density at radius 1 is 1.46 bits per heavy atom. The van der Waals surface area contributed by atoms with E-state index in [1.165, 1.54) is 0 Å². The van der Waals surface area contributed by atoms with E-state index in [-0.39, 0.29) is 15.9 Å². The largest absolute Gasteiger partial charge is 0.380 e. The molecule has 0 aliphatic rings. The zero-order valence-electron chi connectivity index (χ0n) is 6.07. The van der Waals surface area contributed by atoms with Crippen molar-refractivity contribution < 1.29 is 12.6 Å². The molecule has 1 rings (SSSR count). The fourth-order valence-corrected chi connectivity index (χ4v) is 1.31. The second-order valence-electron chi connectivity index (χ2n) is 2.01. The first-order chi connectivity index (χ1) is 5.88. The van der Waals surface area contributed by atoms with E-state index in [9.17, 15) is 8.42 Å². The van der Waals surface area contributed by atoms with Crippen LogP contribution in [0.2, 0.25) is 10.2 Å². The minimum absolute atomic E-state index is 0.0124. The van der Waals surface area contributed by atoms with E-state index in [2.05, 4.69) is 14.3 Å². The van der Waals surface area contributed by atoms with E-state index in [4.69, 9.17) is 23.2 Å². The van der Waals surface area contributed by atoms with Gasteiger partial charge in [-0.15, -0.1) is 0 Å². The van der Waals surface area contributed by atoms with Crippen molar-refractivity contribution in [3.05, 3.63) is 22.4 Å². The van der Waals surface area contributed by atoms with Gasteiger partial charge in [0.2, 0.25) is 0 Å². The maximum atomic E-state index is 10.5. The molecule has 1 aromatic heterocycles.